The van der Waals surface area contributed by atoms with Crippen molar-refractivity contribution in [3.8, 4) is 0 Å². The molecule has 92 valence electrons. The molecule has 0 spiro atoms. The highest BCUT2D eigenvalue weighted by molar-refractivity contribution is 5.22. The van der Waals surface area contributed by atoms with E-state index in [2.05, 4.69) is 69.3 Å². The molecular formula is C17H24. The van der Waals surface area contributed by atoms with Crippen LogP contribution in [0.4, 0.5) is 0 Å². The van der Waals surface area contributed by atoms with E-state index in [4.69, 9.17) is 0 Å². The molecule has 0 heteroatoms. The summed E-state index contributed by atoms with van der Waals surface area (Å²) in [6, 6.07) is 19.1. The number of hydrogen-bond acceptors (Lipinski definition) is 0. The van der Waals surface area contributed by atoms with Gasteiger partial charge in [0.15, 0.2) is 0 Å². The molecule has 17 heavy (non-hydrogen) atoms. The maximum atomic E-state index is 2.37. The van der Waals surface area contributed by atoms with Gasteiger partial charge in [0.25, 0.3) is 0 Å². The van der Waals surface area contributed by atoms with E-state index < -0.39 is 0 Å². The Morgan fingerprint density at radius 3 is 1.71 bits per heavy atom. The lowest BCUT2D eigenvalue weighted by atomic mass is 9.77. The third-order valence-electron chi connectivity index (χ3n) is 3.50. The van der Waals surface area contributed by atoms with E-state index in [1.54, 1.807) is 0 Å². The van der Waals surface area contributed by atoms with Crippen molar-refractivity contribution < 1.29 is 0 Å². The van der Waals surface area contributed by atoms with Crippen molar-refractivity contribution in [2.45, 2.75) is 45.4 Å². The molecule has 1 aromatic rings. The Morgan fingerprint density at radius 1 is 0.824 bits per heavy atom. The molecule has 0 heterocycles. The average molecular weight is 228 g/mol. The lowest BCUT2D eigenvalue weighted by Gasteiger charge is -2.28. The van der Waals surface area contributed by atoms with E-state index in [0.29, 0.717) is 5.41 Å². The van der Waals surface area contributed by atoms with Crippen molar-refractivity contribution in [3.05, 3.63) is 60.2 Å². The molecule has 0 aliphatic heterocycles. The van der Waals surface area contributed by atoms with Crippen LogP contribution in [0, 0.1) is 0 Å². The SMILES string of the molecule is CCCC(C)(CC)c1ccccccccc1. The van der Waals surface area contributed by atoms with Crippen LogP contribution in [0.3, 0.4) is 0 Å². The first-order chi connectivity index (χ1) is 8.23. The molecule has 0 aliphatic rings. The smallest absolute Gasteiger partial charge is 0.00780 e. The van der Waals surface area contributed by atoms with Crippen LogP contribution in [0.2, 0.25) is 0 Å². The van der Waals surface area contributed by atoms with Gasteiger partial charge in [0.05, 0.1) is 0 Å². The van der Waals surface area contributed by atoms with Gasteiger partial charge in [0.2, 0.25) is 0 Å². The van der Waals surface area contributed by atoms with Crippen LogP contribution in [0.15, 0.2) is 54.6 Å². The average Bonchev–Trinajstić information content (AvgIpc) is 2.36. The molecule has 0 saturated heterocycles. The second-order valence-corrected chi connectivity index (χ2v) is 4.80. The molecular weight excluding hydrogens is 204 g/mol. The first-order valence-electron chi connectivity index (χ1n) is 6.62. The van der Waals surface area contributed by atoms with Crippen molar-refractivity contribution >= 4 is 0 Å². The number of hydrogen-bond donors (Lipinski definition) is 0. The van der Waals surface area contributed by atoms with Crippen LogP contribution >= 0.6 is 0 Å². The van der Waals surface area contributed by atoms with E-state index in [1.165, 1.54) is 24.8 Å². The van der Waals surface area contributed by atoms with Crippen molar-refractivity contribution in [3.63, 3.8) is 0 Å². The summed E-state index contributed by atoms with van der Waals surface area (Å²) in [5.41, 5.74) is 1.73. The predicted octanol–water partition coefficient (Wildman–Crippen LogP) is 5.28. The molecule has 0 aliphatic carbocycles. The van der Waals surface area contributed by atoms with Gasteiger partial charge < -0.3 is 0 Å². The molecule has 0 radical (unpaired) electrons. The van der Waals surface area contributed by atoms with Crippen LogP contribution in [0.1, 0.15) is 45.6 Å². The summed E-state index contributed by atoms with van der Waals surface area (Å²) in [7, 11) is 0. The van der Waals surface area contributed by atoms with Crippen molar-refractivity contribution in [2.75, 3.05) is 0 Å². The molecule has 0 fully saturated rings. The Balaban J connectivity index is 3.19. The molecule has 0 bridgehead atoms. The minimum Gasteiger partial charge on any atom is -0.0654 e. The summed E-state index contributed by atoms with van der Waals surface area (Å²) in [4.78, 5) is 0. The minimum atomic E-state index is 0.298. The normalized spacial score (nSPS) is 13.6. The zero-order valence-electron chi connectivity index (χ0n) is 11.3. The third-order valence-corrected chi connectivity index (χ3v) is 3.50. The van der Waals surface area contributed by atoms with Crippen LogP contribution in [-0.2, 0) is 5.41 Å². The molecule has 0 saturated carbocycles. The van der Waals surface area contributed by atoms with Gasteiger partial charge in [-0.25, -0.2) is 0 Å². The Hall–Kier alpha value is -1.30. The lowest BCUT2D eigenvalue weighted by Crippen LogP contribution is -2.19. The second-order valence-electron chi connectivity index (χ2n) is 4.80. The highest BCUT2D eigenvalue weighted by Gasteiger charge is 2.22. The summed E-state index contributed by atoms with van der Waals surface area (Å²) in [6.45, 7) is 6.91. The maximum Gasteiger partial charge on any atom is -0.00780 e. The largest absolute Gasteiger partial charge is 0.0654 e. The molecule has 0 amide bonds. The van der Waals surface area contributed by atoms with E-state index >= 15 is 0 Å². The highest BCUT2D eigenvalue weighted by atomic mass is 14.3. The van der Waals surface area contributed by atoms with Crippen molar-refractivity contribution in [2.24, 2.45) is 0 Å². The first-order valence-corrected chi connectivity index (χ1v) is 6.62. The summed E-state index contributed by atoms with van der Waals surface area (Å²) in [6.07, 6.45) is 3.66. The summed E-state index contributed by atoms with van der Waals surface area (Å²) in [5.74, 6) is 0. The Morgan fingerprint density at radius 2 is 1.29 bits per heavy atom. The van der Waals surface area contributed by atoms with Crippen LogP contribution < -0.4 is 0 Å². The molecule has 1 unspecified atom stereocenters. The highest BCUT2D eigenvalue weighted by Crippen LogP contribution is 2.31. The third kappa shape index (κ3) is 4.22. The summed E-state index contributed by atoms with van der Waals surface area (Å²) < 4.78 is 0. The van der Waals surface area contributed by atoms with E-state index in [0.717, 1.165) is 0 Å². The van der Waals surface area contributed by atoms with E-state index in [1.807, 2.05) is 6.07 Å². The fraction of sp³-hybridized carbons (Fsp3) is 0.412. The van der Waals surface area contributed by atoms with Crippen LogP contribution in [-0.4, -0.2) is 0 Å². The van der Waals surface area contributed by atoms with E-state index in [-0.39, 0.29) is 0 Å². The van der Waals surface area contributed by atoms with Crippen molar-refractivity contribution in [1.29, 1.82) is 0 Å². The molecule has 1 atom stereocenters. The molecule has 0 nitrogen and oxygen atoms in total. The fourth-order valence-corrected chi connectivity index (χ4v) is 2.17. The van der Waals surface area contributed by atoms with Crippen LogP contribution in [0.5, 0.6) is 0 Å². The van der Waals surface area contributed by atoms with Gasteiger partial charge in [-0.05, 0) is 23.8 Å². The Labute approximate surface area is 106 Å². The van der Waals surface area contributed by atoms with Gasteiger partial charge in [-0.1, -0.05) is 81.8 Å². The number of rotatable bonds is 4. The van der Waals surface area contributed by atoms with Gasteiger partial charge in [-0.2, -0.15) is 0 Å². The van der Waals surface area contributed by atoms with Gasteiger partial charge in [0, 0.05) is 0 Å². The van der Waals surface area contributed by atoms with Gasteiger partial charge in [-0.15, -0.1) is 0 Å². The monoisotopic (exact) mass is 228 g/mol. The van der Waals surface area contributed by atoms with Gasteiger partial charge >= 0.3 is 0 Å². The summed E-state index contributed by atoms with van der Waals surface area (Å²) >= 11 is 0. The van der Waals surface area contributed by atoms with E-state index in [9.17, 15) is 0 Å². The minimum absolute atomic E-state index is 0.298. The van der Waals surface area contributed by atoms with Gasteiger partial charge in [0.1, 0.15) is 0 Å². The second kappa shape index (κ2) is 7.11. The standard InChI is InChI=1S/C17H24/c1-4-15-17(3,5-2)16-13-11-9-7-6-8-10-12-14-16/h6-14H,4-5,15H2,1-3H3. The molecule has 0 N–H and O–H groups in total. The fourth-order valence-electron chi connectivity index (χ4n) is 2.17. The molecule has 1 rings (SSSR count). The topological polar surface area (TPSA) is 0 Å². The predicted molar refractivity (Wildman–Crippen MR) is 76.6 cm³/mol. The molecule has 1 aromatic carbocycles. The Bertz CT molecular complexity index is 355. The zero-order chi connectivity index (χ0) is 12.6. The van der Waals surface area contributed by atoms with Crippen LogP contribution in [0.25, 0.3) is 0 Å². The maximum absolute atomic E-state index is 2.37. The quantitative estimate of drug-likeness (QED) is 0.657. The Kier molecular flexibility index (Phi) is 5.76. The van der Waals surface area contributed by atoms with Gasteiger partial charge in [-0.3, -0.25) is 0 Å². The zero-order valence-corrected chi connectivity index (χ0v) is 11.3. The van der Waals surface area contributed by atoms with Crippen molar-refractivity contribution in [1.82, 2.24) is 0 Å². The molecule has 0 aromatic heterocycles. The lowest BCUT2D eigenvalue weighted by molar-refractivity contribution is 0.414. The summed E-state index contributed by atoms with van der Waals surface area (Å²) in [5, 5.41) is 0. The first kappa shape index (κ1) is 13.8.